The summed E-state index contributed by atoms with van der Waals surface area (Å²) in [5.41, 5.74) is 9.19. The number of aryl methyl sites for hydroxylation is 1. The molecule has 17 heavy (non-hydrogen) atoms. The lowest BCUT2D eigenvalue weighted by atomic mass is 10.0. The van der Waals surface area contributed by atoms with Gasteiger partial charge in [0.25, 0.3) is 0 Å². The van der Waals surface area contributed by atoms with Gasteiger partial charge in [0.15, 0.2) is 0 Å². The van der Waals surface area contributed by atoms with Crippen molar-refractivity contribution in [2.24, 2.45) is 23.7 Å². The average Bonchev–Trinajstić information content (AvgIpc) is 2.73. The van der Waals surface area contributed by atoms with Gasteiger partial charge in [-0.2, -0.15) is 0 Å². The molecule has 4 rings (SSSR count). The van der Waals surface area contributed by atoms with Crippen molar-refractivity contribution in [1.29, 1.82) is 0 Å². The standard InChI is InChI=1S/C15H20N2/c1-8-6-11(4-5-12(8)16)17-15-13-9-2-3-10(7-9)14(13)15/h4-6,9-10,13-15,17H,2-3,7,16H2,1H3. The highest BCUT2D eigenvalue weighted by molar-refractivity contribution is 5.58. The molecule has 0 saturated heterocycles. The van der Waals surface area contributed by atoms with E-state index in [0.717, 1.165) is 35.4 Å². The van der Waals surface area contributed by atoms with Gasteiger partial charge in [-0.25, -0.2) is 0 Å². The van der Waals surface area contributed by atoms with Crippen LogP contribution in [0.2, 0.25) is 0 Å². The van der Waals surface area contributed by atoms with Crippen LogP contribution < -0.4 is 11.1 Å². The van der Waals surface area contributed by atoms with E-state index in [1.54, 1.807) is 0 Å². The first kappa shape index (κ1) is 9.81. The van der Waals surface area contributed by atoms with Gasteiger partial charge in [-0.05, 0) is 73.6 Å². The largest absolute Gasteiger partial charge is 0.399 e. The molecule has 3 aliphatic rings. The quantitative estimate of drug-likeness (QED) is 0.764. The molecule has 2 bridgehead atoms. The minimum Gasteiger partial charge on any atom is -0.399 e. The number of hydrogen-bond acceptors (Lipinski definition) is 2. The second-order valence-corrected chi connectivity index (χ2v) is 6.23. The number of nitrogens with two attached hydrogens (primary N) is 1. The SMILES string of the molecule is Cc1cc(NC2C3C4CCC(C4)C23)ccc1N. The number of hydrogen-bond donors (Lipinski definition) is 2. The number of nitrogens with one attached hydrogen (secondary N) is 1. The van der Waals surface area contributed by atoms with Gasteiger partial charge in [-0.15, -0.1) is 0 Å². The molecule has 1 aromatic carbocycles. The van der Waals surface area contributed by atoms with Gasteiger partial charge in [0, 0.05) is 17.4 Å². The Balaban J connectivity index is 1.51. The second-order valence-electron chi connectivity index (χ2n) is 6.23. The fourth-order valence-corrected chi connectivity index (χ4v) is 4.48. The fraction of sp³-hybridized carbons (Fsp3) is 0.600. The van der Waals surface area contributed by atoms with Crippen molar-refractivity contribution < 1.29 is 0 Å². The van der Waals surface area contributed by atoms with E-state index >= 15 is 0 Å². The molecule has 0 spiro atoms. The molecule has 0 aromatic heterocycles. The molecular weight excluding hydrogens is 208 g/mol. The maximum atomic E-state index is 5.85. The normalized spacial score (nSPS) is 41.4. The van der Waals surface area contributed by atoms with Gasteiger partial charge >= 0.3 is 0 Å². The molecule has 3 fully saturated rings. The maximum Gasteiger partial charge on any atom is 0.0346 e. The Bertz CT molecular complexity index is 452. The van der Waals surface area contributed by atoms with Crippen LogP contribution in [-0.2, 0) is 0 Å². The van der Waals surface area contributed by atoms with Crippen LogP contribution >= 0.6 is 0 Å². The van der Waals surface area contributed by atoms with E-state index < -0.39 is 0 Å². The van der Waals surface area contributed by atoms with Crippen LogP contribution in [0.15, 0.2) is 18.2 Å². The Morgan fingerprint density at radius 1 is 1.18 bits per heavy atom. The highest BCUT2D eigenvalue weighted by Gasteiger charge is 2.64. The molecule has 3 saturated carbocycles. The Labute approximate surface area is 103 Å². The Kier molecular flexibility index (Phi) is 1.84. The van der Waals surface area contributed by atoms with E-state index in [9.17, 15) is 0 Å². The number of benzene rings is 1. The molecule has 0 radical (unpaired) electrons. The minimum atomic E-state index is 0.768. The van der Waals surface area contributed by atoms with Gasteiger partial charge in [0.1, 0.15) is 0 Å². The van der Waals surface area contributed by atoms with Crippen LogP contribution in [0.25, 0.3) is 0 Å². The van der Waals surface area contributed by atoms with E-state index in [1.807, 2.05) is 6.07 Å². The Morgan fingerprint density at radius 3 is 2.53 bits per heavy atom. The molecule has 4 atom stereocenters. The van der Waals surface area contributed by atoms with Crippen molar-refractivity contribution >= 4 is 11.4 Å². The zero-order valence-corrected chi connectivity index (χ0v) is 10.3. The summed E-state index contributed by atoms with van der Waals surface area (Å²) in [7, 11) is 0. The van der Waals surface area contributed by atoms with Gasteiger partial charge in [0.05, 0.1) is 0 Å². The predicted octanol–water partition coefficient (Wildman–Crippen LogP) is 3.03. The summed E-state index contributed by atoms with van der Waals surface area (Å²) >= 11 is 0. The van der Waals surface area contributed by atoms with Crippen LogP contribution in [0.1, 0.15) is 24.8 Å². The highest BCUT2D eigenvalue weighted by Crippen LogP contribution is 2.66. The van der Waals surface area contributed by atoms with Gasteiger partial charge in [-0.1, -0.05) is 0 Å². The van der Waals surface area contributed by atoms with Crippen molar-refractivity contribution in [3.63, 3.8) is 0 Å². The fourth-order valence-electron chi connectivity index (χ4n) is 4.48. The van der Waals surface area contributed by atoms with Gasteiger partial charge in [0.2, 0.25) is 0 Å². The summed E-state index contributed by atoms with van der Waals surface area (Å²) in [5, 5.41) is 3.73. The molecule has 2 nitrogen and oxygen atoms in total. The third-order valence-corrected chi connectivity index (χ3v) is 5.34. The molecule has 0 heterocycles. The summed E-state index contributed by atoms with van der Waals surface area (Å²) in [4.78, 5) is 0. The number of nitrogen functional groups attached to an aromatic ring is 1. The summed E-state index contributed by atoms with van der Waals surface area (Å²) in [5.74, 6) is 4.06. The number of fused-ring (bicyclic) bond motifs is 5. The Hall–Kier alpha value is -1.18. The zero-order valence-electron chi connectivity index (χ0n) is 10.3. The molecule has 0 amide bonds. The first-order chi connectivity index (χ1) is 8.24. The van der Waals surface area contributed by atoms with E-state index in [0.29, 0.717) is 0 Å². The van der Waals surface area contributed by atoms with E-state index in [-0.39, 0.29) is 0 Å². The summed E-state index contributed by atoms with van der Waals surface area (Å²) < 4.78 is 0. The smallest absolute Gasteiger partial charge is 0.0346 e. The molecule has 3 N–H and O–H groups in total. The van der Waals surface area contributed by atoms with Crippen molar-refractivity contribution in [2.75, 3.05) is 11.1 Å². The monoisotopic (exact) mass is 228 g/mol. The van der Waals surface area contributed by atoms with Crippen LogP contribution in [0.5, 0.6) is 0 Å². The molecular formula is C15H20N2. The molecule has 3 aliphatic carbocycles. The first-order valence-corrected chi connectivity index (χ1v) is 6.87. The van der Waals surface area contributed by atoms with Crippen LogP contribution in [-0.4, -0.2) is 6.04 Å². The lowest BCUT2D eigenvalue weighted by molar-refractivity contribution is 0.456. The summed E-state index contributed by atoms with van der Waals surface area (Å²) in [6, 6.07) is 7.10. The molecule has 4 unspecified atom stereocenters. The topological polar surface area (TPSA) is 38.0 Å². The number of anilines is 2. The average molecular weight is 228 g/mol. The first-order valence-electron chi connectivity index (χ1n) is 6.87. The maximum absolute atomic E-state index is 5.85. The number of rotatable bonds is 2. The van der Waals surface area contributed by atoms with E-state index in [2.05, 4.69) is 24.4 Å². The van der Waals surface area contributed by atoms with E-state index in [4.69, 9.17) is 5.73 Å². The van der Waals surface area contributed by atoms with Crippen LogP contribution in [0.4, 0.5) is 11.4 Å². The van der Waals surface area contributed by atoms with Crippen LogP contribution in [0.3, 0.4) is 0 Å². The van der Waals surface area contributed by atoms with Gasteiger partial charge < -0.3 is 11.1 Å². The van der Waals surface area contributed by atoms with Crippen molar-refractivity contribution in [3.8, 4) is 0 Å². The lowest BCUT2D eigenvalue weighted by Crippen LogP contribution is -2.12. The van der Waals surface area contributed by atoms with Crippen molar-refractivity contribution in [1.82, 2.24) is 0 Å². The lowest BCUT2D eigenvalue weighted by Gasteiger charge is -2.12. The zero-order chi connectivity index (χ0) is 11.6. The molecule has 0 aliphatic heterocycles. The predicted molar refractivity (Wildman–Crippen MR) is 70.8 cm³/mol. The third-order valence-electron chi connectivity index (χ3n) is 5.34. The van der Waals surface area contributed by atoms with Crippen molar-refractivity contribution in [2.45, 2.75) is 32.2 Å². The van der Waals surface area contributed by atoms with Crippen LogP contribution in [0, 0.1) is 30.6 Å². The van der Waals surface area contributed by atoms with E-state index in [1.165, 1.54) is 30.5 Å². The summed E-state index contributed by atoms with van der Waals surface area (Å²) in [6.07, 6.45) is 4.50. The Morgan fingerprint density at radius 2 is 1.88 bits per heavy atom. The third kappa shape index (κ3) is 1.33. The minimum absolute atomic E-state index is 0.768. The molecule has 1 aromatic rings. The molecule has 90 valence electrons. The van der Waals surface area contributed by atoms with Crippen molar-refractivity contribution in [3.05, 3.63) is 23.8 Å². The second kappa shape index (κ2) is 3.18. The molecule has 2 heteroatoms. The van der Waals surface area contributed by atoms with Gasteiger partial charge in [-0.3, -0.25) is 0 Å². The summed E-state index contributed by atoms with van der Waals surface area (Å²) in [6.45, 7) is 2.08. The highest BCUT2D eigenvalue weighted by atomic mass is 15.0.